The van der Waals surface area contributed by atoms with Crippen LogP contribution in [0.1, 0.15) is 51.4 Å². The van der Waals surface area contributed by atoms with Crippen LogP contribution in [-0.2, 0) is 14.3 Å². The maximum absolute atomic E-state index is 13.8. The van der Waals surface area contributed by atoms with Crippen molar-refractivity contribution in [3.63, 3.8) is 0 Å². The first-order valence-corrected chi connectivity index (χ1v) is 12.3. The summed E-state index contributed by atoms with van der Waals surface area (Å²) < 4.78 is 32.1. The largest absolute Gasteiger partial charge is 0.379 e. The van der Waals surface area contributed by atoms with Gasteiger partial charge in [-0.2, -0.15) is 0 Å². The third kappa shape index (κ3) is 4.28. The van der Waals surface area contributed by atoms with Crippen LogP contribution in [0, 0.1) is 23.0 Å². The van der Waals surface area contributed by atoms with E-state index < -0.39 is 11.6 Å². The third-order valence-electron chi connectivity index (χ3n) is 8.44. The van der Waals surface area contributed by atoms with Gasteiger partial charge in [-0.3, -0.25) is 14.5 Å². The van der Waals surface area contributed by atoms with E-state index in [1.807, 2.05) is 4.90 Å². The maximum Gasteiger partial charge on any atom is 0.243 e. The molecule has 33 heavy (non-hydrogen) atoms. The van der Waals surface area contributed by atoms with Gasteiger partial charge in [-0.05, 0) is 49.7 Å². The van der Waals surface area contributed by atoms with E-state index in [1.165, 1.54) is 12.5 Å². The van der Waals surface area contributed by atoms with E-state index in [4.69, 9.17) is 4.74 Å². The van der Waals surface area contributed by atoms with Crippen LogP contribution in [0.2, 0.25) is 0 Å². The number of benzene rings is 1. The first-order valence-electron chi connectivity index (χ1n) is 12.3. The molecule has 2 saturated carbocycles. The van der Waals surface area contributed by atoms with Crippen LogP contribution in [0.5, 0.6) is 0 Å². The fourth-order valence-corrected chi connectivity index (χ4v) is 6.32. The predicted molar refractivity (Wildman–Crippen MR) is 120 cm³/mol. The topological polar surface area (TPSA) is 61.9 Å². The van der Waals surface area contributed by atoms with Crippen molar-refractivity contribution in [3.05, 3.63) is 29.8 Å². The Labute approximate surface area is 193 Å². The quantitative estimate of drug-likeness (QED) is 0.745. The Morgan fingerprint density at radius 2 is 1.64 bits per heavy atom. The van der Waals surface area contributed by atoms with E-state index in [9.17, 15) is 18.4 Å². The molecule has 2 saturated heterocycles. The lowest BCUT2D eigenvalue weighted by molar-refractivity contribution is -0.153. The van der Waals surface area contributed by atoms with Crippen molar-refractivity contribution in [2.45, 2.75) is 56.9 Å². The van der Waals surface area contributed by atoms with Crippen LogP contribution >= 0.6 is 0 Å². The summed E-state index contributed by atoms with van der Waals surface area (Å²) in [5, 5.41) is 2.73. The molecule has 0 unspecified atom stereocenters. The van der Waals surface area contributed by atoms with Gasteiger partial charge < -0.3 is 15.0 Å². The van der Waals surface area contributed by atoms with E-state index in [0.29, 0.717) is 26.3 Å². The van der Waals surface area contributed by atoms with Crippen molar-refractivity contribution in [2.75, 3.05) is 44.7 Å². The zero-order valence-corrected chi connectivity index (χ0v) is 19.1. The number of likely N-dealkylation sites (tertiary alicyclic amines) is 1. The molecule has 8 heteroatoms. The predicted octanol–water partition coefficient (Wildman–Crippen LogP) is 3.57. The van der Waals surface area contributed by atoms with E-state index in [2.05, 4.69) is 10.2 Å². The van der Waals surface area contributed by atoms with E-state index in [1.54, 1.807) is 0 Å². The number of nitrogens with one attached hydrogen (secondary N) is 1. The normalized spacial score (nSPS) is 26.7. The summed E-state index contributed by atoms with van der Waals surface area (Å²) in [6.45, 7) is 4.37. The molecule has 180 valence electrons. The highest BCUT2D eigenvalue weighted by Crippen LogP contribution is 2.60. The van der Waals surface area contributed by atoms with Gasteiger partial charge in [0.15, 0.2) is 11.6 Å². The highest BCUT2D eigenvalue weighted by molar-refractivity contribution is 5.95. The number of ether oxygens (including phenoxy) is 1. The maximum atomic E-state index is 13.8. The Bertz CT molecular complexity index is 904. The van der Waals surface area contributed by atoms with Crippen molar-refractivity contribution in [1.82, 2.24) is 9.80 Å². The van der Waals surface area contributed by atoms with Gasteiger partial charge in [0.05, 0.1) is 13.2 Å². The SMILES string of the molecule is O=C(Nc1ccc(F)c(F)c1)[C@@H]1CC12CCN(C(=O)C1(N3CCOCC3)CCCCC1)CC2. The number of amides is 2. The minimum absolute atomic E-state index is 0.0713. The Balaban J connectivity index is 1.20. The molecular weight excluding hydrogens is 428 g/mol. The van der Waals surface area contributed by atoms with E-state index >= 15 is 0 Å². The minimum Gasteiger partial charge on any atom is -0.379 e. The van der Waals surface area contributed by atoms with Crippen LogP contribution in [0.15, 0.2) is 18.2 Å². The summed E-state index contributed by atoms with van der Waals surface area (Å²) in [4.78, 5) is 31.0. The molecule has 1 atom stereocenters. The van der Waals surface area contributed by atoms with Crippen LogP contribution in [0.3, 0.4) is 0 Å². The Kier molecular flexibility index (Phi) is 6.16. The monoisotopic (exact) mass is 461 g/mol. The molecule has 1 aromatic carbocycles. The first kappa shape index (κ1) is 22.7. The van der Waals surface area contributed by atoms with Crippen molar-refractivity contribution in [3.8, 4) is 0 Å². The van der Waals surface area contributed by atoms with Crippen LogP contribution in [0.4, 0.5) is 14.5 Å². The zero-order chi connectivity index (χ0) is 23.1. The number of rotatable bonds is 4. The second-order valence-corrected chi connectivity index (χ2v) is 10.2. The van der Waals surface area contributed by atoms with Crippen molar-refractivity contribution in [1.29, 1.82) is 0 Å². The molecule has 1 spiro atoms. The summed E-state index contributed by atoms with van der Waals surface area (Å²) >= 11 is 0. The molecule has 4 aliphatic rings. The lowest BCUT2D eigenvalue weighted by Gasteiger charge is -2.49. The fourth-order valence-electron chi connectivity index (χ4n) is 6.32. The Morgan fingerprint density at radius 1 is 0.939 bits per heavy atom. The van der Waals surface area contributed by atoms with Gasteiger partial charge >= 0.3 is 0 Å². The number of morpholine rings is 1. The molecule has 2 heterocycles. The highest BCUT2D eigenvalue weighted by Gasteiger charge is 2.59. The first-order chi connectivity index (χ1) is 15.9. The highest BCUT2D eigenvalue weighted by atomic mass is 19.2. The average Bonchev–Trinajstić information content (AvgIpc) is 3.55. The van der Waals surface area contributed by atoms with Crippen molar-refractivity contribution < 1.29 is 23.1 Å². The van der Waals surface area contributed by atoms with Gasteiger partial charge in [0.1, 0.15) is 5.54 Å². The van der Waals surface area contributed by atoms with Crippen LogP contribution < -0.4 is 5.32 Å². The number of nitrogens with zero attached hydrogens (tertiary/aromatic N) is 2. The number of piperidine rings is 1. The summed E-state index contributed by atoms with van der Waals surface area (Å²) in [5.74, 6) is -1.91. The van der Waals surface area contributed by atoms with Crippen LogP contribution in [-0.4, -0.2) is 66.5 Å². The number of anilines is 1. The van der Waals surface area contributed by atoms with Crippen LogP contribution in [0.25, 0.3) is 0 Å². The third-order valence-corrected chi connectivity index (χ3v) is 8.44. The molecule has 5 rings (SSSR count). The lowest BCUT2D eigenvalue weighted by Crippen LogP contribution is -2.63. The molecular formula is C25H33F2N3O3. The van der Waals surface area contributed by atoms with Gasteiger partial charge in [-0.25, -0.2) is 8.78 Å². The molecule has 1 N–H and O–H groups in total. The number of halogens is 2. The Morgan fingerprint density at radius 3 is 2.30 bits per heavy atom. The molecule has 2 amide bonds. The molecule has 2 aliphatic carbocycles. The fraction of sp³-hybridized carbons (Fsp3) is 0.680. The number of carbonyl (C=O) groups is 2. The number of hydrogen-bond acceptors (Lipinski definition) is 4. The summed E-state index contributed by atoms with van der Waals surface area (Å²) in [5.41, 5.74) is -0.184. The second kappa shape index (κ2) is 8.95. The summed E-state index contributed by atoms with van der Waals surface area (Å²) in [6.07, 6.45) is 7.64. The Hall–Kier alpha value is -2.06. The van der Waals surface area contributed by atoms with Crippen molar-refractivity contribution in [2.24, 2.45) is 11.3 Å². The van der Waals surface area contributed by atoms with Crippen molar-refractivity contribution >= 4 is 17.5 Å². The molecule has 2 aliphatic heterocycles. The smallest absolute Gasteiger partial charge is 0.243 e. The van der Waals surface area contributed by atoms with E-state index in [0.717, 1.165) is 70.2 Å². The zero-order valence-electron chi connectivity index (χ0n) is 19.1. The molecule has 4 fully saturated rings. The molecule has 0 bridgehead atoms. The van der Waals surface area contributed by atoms with Gasteiger partial charge in [0, 0.05) is 43.9 Å². The van der Waals surface area contributed by atoms with Gasteiger partial charge in [-0.1, -0.05) is 19.3 Å². The molecule has 0 radical (unpaired) electrons. The van der Waals surface area contributed by atoms with Gasteiger partial charge in [0.25, 0.3) is 0 Å². The van der Waals surface area contributed by atoms with Gasteiger partial charge in [-0.15, -0.1) is 0 Å². The molecule has 6 nitrogen and oxygen atoms in total. The second-order valence-electron chi connectivity index (χ2n) is 10.2. The van der Waals surface area contributed by atoms with E-state index in [-0.39, 0.29) is 34.4 Å². The van der Waals surface area contributed by atoms with Gasteiger partial charge in [0.2, 0.25) is 11.8 Å². The minimum atomic E-state index is -0.970. The standard InChI is InChI=1S/C25H33F2N3O3/c26-20-5-4-18(16-21(20)27)28-22(31)19-17-24(19)8-10-29(11-9-24)23(32)25(6-2-1-3-7-25)30-12-14-33-15-13-30/h4-5,16,19H,1-3,6-15,17H2,(H,28,31)/t19-/m0/s1. The molecule has 0 aromatic heterocycles. The average molecular weight is 462 g/mol. The lowest BCUT2D eigenvalue weighted by atomic mass is 9.78. The summed E-state index contributed by atoms with van der Waals surface area (Å²) in [7, 11) is 0. The number of hydrogen-bond donors (Lipinski definition) is 1. The number of carbonyl (C=O) groups excluding carboxylic acids is 2. The summed E-state index contributed by atoms with van der Waals surface area (Å²) in [6, 6.07) is 3.41. The molecule has 1 aromatic rings.